The van der Waals surface area contributed by atoms with Crippen molar-refractivity contribution in [2.75, 3.05) is 0 Å². The first-order valence-corrected chi connectivity index (χ1v) is 5.94. The highest BCUT2D eigenvalue weighted by atomic mass is 14.7. The molecule has 0 saturated heterocycles. The summed E-state index contributed by atoms with van der Waals surface area (Å²) >= 11 is 0. The smallest absolute Gasteiger partial charge is 0.0114 e. The summed E-state index contributed by atoms with van der Waals surface area (Å²) in [6, 6.07) is 7.18. The summed E-state index contributed by atoms with van der Waals surface area (Å²) < 4.78 is 0. The normalized spacial score (nSPS) is 25.4. The van der Waals surface area contributed by atoms with Gasteiger partial charge in [0.15, 0.2) is 0 Å². The third-order valence-corrected chi connectivity index (χ3v) is 3.59. The largest absolute Gasteiger partial charge is 0.327 e. The zero-order valence-corrected chi connectivity index (χ0v) is 9.96. The highest BCUT2D eigenvalue weighted by Gasteiger charge is 2.29. The van der Waals surface area contributed by atoms with E-state index in [0.29, 0.717) is 17.9 Å². The Morgan fingerprint density at radius 1 is 1.33 bits per heavy atom. The predicted molar refractivity (Wildman–Crippen MR) is 65.1 cm³/mol. The summed E-state index contributed by atoms with van der Waals surface area (Å²) in [6.45, 7) is 6.72. The highest BCUT2D eigenvalue weighted by Crippen LogP contribution is 2.36. The van der Waals surface area contributed by atoms with Crippen LogP contribution in [-0.4, -0.2) is 6.04 Å². The van der Waals surface area contributed by atoms with E-state index in [1.807, 2.05) is 0 Å². The molecule has 0 spiro atoms. The molecule has 1 aliphatic carbocycles. The van der Waals surface area contributed by atoms with E-state index in [1.165, 1.54) is 16.7 Å². The van der Waals surface area contributed by atoms with Crippen LogP contribution in [0.1, 0.15) is 42.9 Å². The fraction of sp³-hybridized carbons (Fsp3) is 0.571. The Bertz CT molecular complexity index is 354. The lowest BCUT2D eigenvalue weighted by molar-refractivity contribution is 0.379. The van der Waals surface area contributed by atoms with Crippen LogP contribution >= 0.6 is 0 Å². The third-order valence-electron chi connectivity index (χ3n) is 3.59. The molecule has 2 rings (SSSR count). The van der Waals surface area contributed by atoms with Crippen LogP contribution in [0.2, 0.25) is 0 Å². The molecule has 0 bridgehead atoms. The van der Waals surface area contributed by atoms with Gasteiger partial charge in [-0.05, 0) is 36.8 Å². The van der Waals surface area contributed by atoms with Crippen LogP contribution in [0.15, 0.2) is 18.2 Å². The topological polar surface area (TPSA) is 26.0 Å². The molecule has 0 fully saturated rings. The van der Waals surface area contributed by atoms with E-state index in [4.69, 9.17) is 5.73 Å². The molecule has 1 aromatic rings. The fourth-order valence-corrected chi connectivity index (χ4v) is 2.84. The fourth-order valence-electron chi connectivity index (χ4n) is 2.84. The Morgan fingerprint density at radius 3 is 2.73 bits per heavy atom. The highest BCUT2D eigenvalue weighted by molar-refractivity contribution is 5.37. The molecule has 1 aromatic carbocycles. The Kier molecular flexibility index (Phi) is 2.83. The van der Waals surface area contributed by atoms with Crippen molar-refractivity contribution in [2.45, 2.75) is 45.6 Å². The van der Waals surface area contributed by atoms with Crippen LogP contribution in [0, 0.1) is 12.8 Å². The second-order valence-electron chi connectivity index (χ2n) is 5.17. The molecule has 0 saturated carbocycles. The Labute approximate surface area is 92.7 Å². The van der Waals surface area contributed by atoms with Gasteiger partial charge < -0.3 is 5.73 Å². The van der Waals surface area contributed by atoms with Gasteiger partial charge in [0.25, 0.3) is 0 Å². The van der Waals surface area contributed by atoms with Crippen molar-refractivity contribution in [3.8, 4) is 0 Å². The first-order chi connectivity index (χ1) is 7.09. The predicted octanol–water partition coefficient (Wildman–Crippen LogP) is 3.01. The summed E-state index contributed by atoms with van der Waals surface area (Å²) in [6.07, 6.45) is 2.29. The van der Waals surface area contributed by atoms with E-state index in [9.17, 15) is 0 Å². The van der Waals surface area contributed by atoms with Crippen molar-refractivity contribution >= 4 is 0 Å². The van der Waals surface area contributed by atoms with Gasteiger partial charge in [0, 0.05) is 12.0 Å². The van der Waals surface area contributed by atoms with Crippen molar-refractivity contribution in [3.63, 3.8) is 0 Å². The summed E-state index contributed by atoms with van der Waals surface area (Å²) in [5.41, 5.74) is 10.6. The summed E-state index contributed by atoms with van der Waals surface area (Å²) in [5, 5.41) is 0. The zero-order valence-electron chi connectivity index (χ0n) is 9.96. The van der Waals surface area contributed by atoms with E-state index in [0.717, 1.165) is 12.8 Å². The van der Waals surface area contributed by atoms with E-state index in [-0.39, 0.29) is 0 Å². The molecule has 0 amide bonds. The molecule has 1 nitrogen and oxygen atoms in total. The van der Waals surface area contributed by atoms with E-state index in [1.54, 1.807) is 0 Å². The summed E-state index contributed by atoms with van der Waals surface area (Å²) in [7, 11) is 0. The van der Waals surface area contributed by atoms with Gasteiger partial charge in [-0.1, -0.05) is 37.6 Å². The Balaban J connectivity index is 2.46. The second kappa shape index (κ2) is 3.97. The van der Waals surface area contributed by atoms with Gasteiger partial charge in [0.2, 0.25) is 0 Å². The minimum atomic E-state index is 0.347. The van der Waals surface area contributed by atoms with Gasteiger partial charge in [-0.25, -0.2) is 0 Å². The van der Waals surface area contributed by atoms with Gasteiger partial charge in [0.1, 0.15) is 0 Å². The van der Waals surface area contributed by atoms with Gasteiger partial charge in [-0.2, -0.15) is 0 Å². The quantitative estimate of drug-likeness (QED) is 0.746. The SMILES string of the molecule is Cc1ccc2c(c1)C(C(C)C)C(N)CC2. The molecular weight excluding hydrogens is 182 g/mol. The van der Waals surface area contributed by atoms with E-state index >= 15 is 0 Å². The minimum absolute atomic E-state index is 0.347. The molecule has 0 aliphatic heterocycles. The molecule has 0 heterocycles. The molecule has 15 heavy (non-hydrogen) atoms. The number of nitrogens with two attached hydrogens (primary N) is 1. The molecule has 82 valence electrons. The van der Waals surface area contributed by atoms with Crippen LogP contribution in [0.3, 0.4) is 0 Å². The number of hydrogen-bond donors (Lipinski definition) is 1. The van der Waals surface area contributed by atoms with Crippen molar-refractivity contribution in [1.82, 2.24) is 0 Å². The molecule has 2 unspecified atom stereocenters. The first-order valence-electron chi connectivity index (χ1n) is 5.94. The van der Waals surface area contributed by atoms with Gasteiger partial charge >= 0.3 is 0 Å². The Hall–Kier alpha value is -0.820. The number of fused-ring (bicyclic) bond motifs is 1. The van der Waals surface area contributed by atoms with Crippen LogP contribution in [0.5, 0.6) is 0 Å². The maximum Gasteiger partial charge on any atom is 0.0114 e. The van der Waals surface area contributed by atoms with Crippen molar-refractivity contribution in [3.05, 3.63) is 34.9 Å². The molecule has 2 N–H and O–H groups in total. The second-order valence-corrected chi connectivity index (χ2v) is 5.17. The lowest BCUT2D eigenvalue weighted by Gasteiger charge is -2.34. The number of benzene rings is 1. The van der Waals surface area contributed by atoms with Crippen molar-refractivity contribution in [2.24, 2.45) is 11.7 Å². The summed E-state index contributed by atoms with van der Waals surface area (Å²) in [4.78, 5) is 0. The Morgan fingerprint density at radius 2 is 2.07 bits per heavy atom. The molecule has 1 aliphatic rings. The summed E-state index contributed by atoms with van der Waals surface area (Å²) in [5.74, 6) is 1.19. The maximum absolute atomic E-state index is 6.24. The molecule has 2 atom stereocenters. The average molecular weight is 203 g/mol. The molecule has 0 aromatic heterocycles. The number of rotatable bonds is 1. The molecule has 1 heteroatoms. The zero-order chi connectivity index (χ0) is 11.0. The number of aryl methyl sites for hydroxylation is 2. The van der Waals surface area contributed by atoms with Crippen LogP contribution in [0.4, 0.5) is 0 Å². The van der Waals surface area contributed by atoms with Crippen LogP contribution in [-0.2, 0) is 6.42 Å². The number of hydrogen-bond acceptors (Lipinski definition) is 1. The minimum Gasteiger partial charge on any atom is -0.327 e. The van der Waals surface area contributed by atoms with E-state index in [2.05, 4.69) is 39.0 Å². The lowest BCUT2D eigenvalue weighted by atomic mass is 9.74. The van der Waals surface area contributed by atoms with Crippen molar-refractivity contribution < 1.29 is 0 Å². The van der Waals surface area contributed by atoms with Gasteiger partial charge in [-0.3, -0.25) is 0 Å². The van der Waals surface area contributed by atoms with Gasteiger partial charge in [-0.15, -0.1) is 0 Å². The van der Waals surface area contributed by atoms with Crippen LogP contribution in [0.25, 0.3) is 0 Å². The average Bonchev–Trinajstić information content (AvgIpc) is 2.16. The first kappa shape index (κ1) is 10.7. The van der Waals surface area contributed by atoms with Crippen molar-refractivity contribution in [1.29, 1.82) is 0 Å². The molecule has 0 radical (unpaired) electrons. The van der Waals surface area contributed by atoms with Gasteiger partial charge in [0.05, 0.1) is 0 Å². The monoisotopic (exact) mass is 203 g/mol. The standard InChI is InChI=1S/C14H21N/c1-9(2)14-12-8-10(3)4-5-11(12)6-7-13(14)15/h4-5,8-9,13-14H,6-7,15H2,1-3H3. The third kappa shape index (κ3) is 1.93. The maximum atomic E-state index is 6.24. The molecular formula is C14H21N. The lowest BCUT2D eigenvalue weighted by Crippen LogP contribution is -2.35. The van der Waals surface area contributed by atoms with E-state index < -0.39 is 0 Å². The van der Waals surface area contributed by atoms with Crippen LogP contribution < -0.4 is 5.73 Å².